The van der Waals surface area contributed by atoms with E-state index in [0.717, 1.165) is 17.2 Å². The number of benzene rings is 2. The number of aliphatic hydroxyl groups excluding tert-OH is 1. The van der Waals surface area contributed by atoms with Crippen LogP contribution >= 0.6 is 23.2 Å². The van der Waals surface area contributed by atoms with E-state index in [1.165, 1.54) is 0 Å². The highest BCUT2D eigenvalue weighted by Gasteiger charge is 2.29. The molecule has 1 aliphatic rings. The maximum Gasteiger partial charge on any atom is 0.251 e. The molecule has 2 aromatic carbocycles. The van der Waals surface area contributed by atoms with Crippen molar-refractivity contribution < 1.29 is 15.1 Å². The normalized spacial score (nSPS) is 18.4. The molecule has 1 heterocycles. The predicted molar refractivity (Wildman–Crippen MR) is 105 cm³/mol. The molecule has 0 saturated carbocycles. The van der Waals surface area contributed by atoms with Gasteiger partial charge in [-0.05, 0) is 29.7 Å². The summed E-state index contributed by atoms with van der Waals surface area (Å²) in [7, 11) is 0. The molecule has 1 fully saturated rings. The maximum atomic E-state index is 12.7. The third-order valence-electron chi connectivity index (χ3n) is 4.77. The Balaban J connectivity index is 1.77. The van der Waals surface area contributed by atoms with Crippen molar-refractivity contribution in [1.82, 2.24) is 9.96 Å². The van der Waals surface area contributed by atoms with Crippen LogP contribution in [0, 0.1) is 0 Å². The van der Waals surface area contributed by atoms with Crippen molar-refractivity contribution in [3.8, 4) is 0 Å². The molecule has 0 spiro atoms. The van der Waals surface area contributed by atoms with Crippen molar-refractivity contribution in [2.75, 3.05) is 19.6 Å². The molecule has 0 radical (unpaired) electrons. The van der Waals surface area contributed by atoms with E-state index < -0.39 is 11.9 Å². The SMILES string of the molecule is O=C(Cc1ccc(Cl)cc1Cl)N(O)[C@H](CN1CC[C@H](O)C1)c1ccccc1. The van der Waals surface area contributed by atoms with Crippen molar-refractivity contribution in [3.63, 3.8) is 0 Å². The molecule has 27 heavy (non-hydrogen) atoms. The second kappa shape index (κ2) is 9.04. The van der Waals surface area contributed by atoms with Gasteiger partial charge in [-0.1, -0.05) is 59.6 Å². The van der Waals surface area contributed by atoms with Crippen LogP contribution in [0.5, 0.6) is 0 Å². The standard InChI is InChI=1S/C20H22Cl2N2O3/c21-16-7-6-15(18(22)11-16)10-20(26)24(27)19(14-4-2-1-3-5-14)13-23-9-8-17(25)12-23/h1-7,11,17,19,25,27H,8-10,12-13H2/t17-,19+/m0/s1. The summed E-state index contributed by atoms with van der Waals surface area (Å²) in [5, 5.41) is 22.1. The van der Waals surface area contributed by atoms with Crippen molar-refractivity contribution in [3.05, 3.63) is 69.7 Å². The van der Waals surface area contributed by atoms with E-state index in [1.54, 1.807) is 18.2 Å². The number of likely N-dealkylation sites (tertiary alicyclic amines) is 1. The Morgan fingerprint density at radius 2 is 1.96 bits per heavy atom. The summed E-state index contributed by atoms with van der Waals surface area (Å²) >= 11 is 12.1. The molecule has 144 valence electrons. The zero-order valence-corrected chi connectivity index (χ0v) is 16.3. The molecule has 3 rings (SSSR count). The number of amides is 1. The van der Waals surface area contributed by atoms with Crippen LogP contribution in [0.2, 0.25) is 10.0 Å². The van der Waals surface area contributed by atoms with Crippen LogP contribution < -0.4 is 0 Å². The summed E-state index contributed by atoms with van der Waals surface area (Å²) in [6.45, 7) is 1.71. The first kappa shape index (κ1) is 20.1. The Labute approximate surface area is 168 Å². The van der Waals surface area contributed by atoms with E-state index in [-0.39, 0.29) is 12.5 Å². The van der Waals surface area contributed by atoms with Gasteiger partial charge >= 0.3 is 0 Å². The van der Waals surface area contributed by atoms with Crippen LogP contribution in [0.15, 0.2) is 48.5 Å². The first-order chi connectivity index (χ1) is 12.9. The van der Waals surface area contributed by atoms with E-state index in [0.29, 0.717) is 35.1 Å². The van der Waals surface area contributed by atoms with Crippen LogP contribution in [0.4, 0.5) is 0 Å². The Bertz CT molecular complexity index is 788. The molecular formula is C20H22Cl2N2O3. The zero-order chi connectivity index (χ0) is 19.4. The number of halogens is 2. The van der Waals surface area contributed by atoms with Crippen molar-refractivity contribution in [1.29, 1.82) is 0 Å². The Hall–Kier alpha value is -1.63. The summed E-state index contributed by atoms with van der Waals surface area (Å²) in [4.78, 5) is 14.8. The van der Waals surface area contributed by atoms with E-state index in [4.69, 9.17) is 23.2 Å². The maximum absolute atomic E-state index is 12.7. The van der Waals surface area contributed by atoms with Gasteiger partial charge in [0.25, 0.3) is 5.91 Å². The molecular weight excluding hydrogens is 387 g/mol. The molecule has 0 aliphatic carbocycles. The highest BCUT2D eigenvalue weighted by atomic mass is 35.5. The minimum Gasteiger partial charge on any atom is -0.392 e. The van der Waals surface area contributed by atoms with E-state index in [9.17, 15) is 15.1 Å². The molecule has 2 N–H and O–H groups in total. The summed E-state index contributed by atoms with van der Waals surface area (Å²) in [5.41, 5.74) is 1.44. The third-order valence-corrected chi connectivity index (χ3v) is 5.36. The van der Waals surface area contributed by atoms with Crippen LogP contribution in [-0.4, -0.2) is 51.9 Å². The molecule has 1 amide bonds. The summed E-state index contributed by atoms with van der Waals surface area (Å²) < 4.78 is 0. The van der Waals surface area contributed by atoms with Gasteiger partial charge in [-0.2, -0.15) is 0 Å². The van der Waals surface area contributed by atoms with E-state index >= 15 is 0 Å². The molecule has 7 heteroatoms. The van der Waals surface area contributed by atoms with Gasteiger partial charge in [0.15, 0.2) is 0 Å². The lowest BCUT2D eigenvalue weighted by Crippen LogP contribution is -2.40. The predicted octanol–water partition coefficient (Wildman–Crippen LogP) is 3.56. The number of hydroxylamine groups is 2. The van der Waals surface area contributed by atoms with Crippen LogP contribution in [0.3, 0.4) is 0 Å². The average molecular weight is 409 g/mol. The summed E-state index contributed by atoms with van der Waals surface area (Å²) in [6, 6.07) is 13.8. The topological polar surface area (TPSA) is 64.0 Å². The van der Waals surface area contributed by atoms with Gasteiger partial charge in [0, 0.05) is 29.7 Å². The Morgan fingerprint density at radius 3 is 2.59 bits per heavy atom. The summed E-state index contributed by atoms with van der Waals surface area (Å²) in [5.74, 6) is -0.451. The van der Waals surface area contributed by atoms with Crippen molar-refractivity contribution in [2.45, 2.75) is 25.0 Å². The lowest BCUT2D eigenvalue weighted by Gasteiger charge is -2.30. The first-order valence-corrected chi connectivity index (χ1v) is 9.60. The minimum atomic E-state index is -0.532. The molecule has 1 saturated heterocycles. The van der Waals surface area contributed by atoms with Crippen LogP contribution in [-0.2, 0) is 11.2 Å². The lowest BCUT2D eigenvalue weighted by atomic mass is 10.0. The van der Waals surface area contributed by atoms with E-state index in [1.807, 2.05) is 35.2 Å². The first-order valence-electron chi connectivity index (χ1n) is 8.84. The Morgan fingerprint density at radius 1 is 1.22 bits per heavy atom. The minimum absolute atomic E-state index is 0.0293. The number of hydrogen-bond donors (Lipinski definition) is 2. The fraction of sp³-hybridized carbons (Fsp3) is 0.350. The largest absolute Gasteiger partial charge is 0.392 e. The second-order valence-corrected chi connectivity index (χ2v) is 7.62. The van der Waals surface area contributed by atoms with Crippen molar-refractivity contribution >= 4 is 29.1 Å². The molecule has 0 bridgehead atoms. The number of rotatable bonds is 6. The highest BCUT2D eigenvalue weighted by molar-refractivity contribution is 6.35. The van der Waals surface area contributed by atoms with Gasteiger partial charge < -0.3 is 5.11 Å². The van der Waals surface area contributed by atoms with Gasteiger partial charge in [0.05, 0.1) is 18.6 Å². The number of hydrogen-bond acceptors (Lipinski definition) is 4. The second-order valence-electron chi connectivity index (χ2n) is 6.78. The van der Waals surface area contributed by atoms with Gasteiger partial charge in [-0.25, -0.2) is 5.06 Å². The molecule has 5 nitrogen and oxygen atoms in total. The number of aliphatic hydroxyl groups is 1. The van der Waals surface area contributed by atoms with Gasteiger partial charge in [-0.15, -0.1) is 0 Å². The molecule has 2 atom stereocenters. The van der Waals surface area contributed by atoms with Crippen LogP contribution in [0.25, 0.3) is 0 Å². The van der Waals surface area contributed by atoms with E-state index in [2.05, 4.69) is 0 Å². The molecule has 0 aromatic heterocycles. The fourth-order valence-corrected chi connectivity index (χ4v) is 3.78. The van der Waals surface area contributed by atoms with Crippen molar-refractivity contribution in [2.24, 2.45) is 0 Å². The zero-order valence-electron chi connectivity index (χ0n) is 14.8. The number of β-amino-alcohol motifs (C(OH)–C–C–N with tert-alkyl or cyclic N) is 1. The smallest absolute Gasteiger partial charge is 0.251 e. The lowest BCUT2D eigenvalue weighted by molar-refractivity contribution is -0.177. The number of carbonyl (C=O) groups is 1. The van der Waals surface area contributed by atoms with Gasteiger partial charge in [-0.3, -0.25) is 14.9 Å². The number of carbonyl (C=O) groups excluding carboxylic acids is 1. The number of nitrogens with zero attached hydrogens (tertiary/aromatic N) is 2. The fourth-order valence-electron chi connectivity index (χ4n) is 3.30. The summed E-state index contributed by atoms with van der Waals surface area (Å²) in [6.07, 6.45) is 0.303. The quantitative estimate of drug-likeness (QED) is 0.566. The average Bonchev–Trinajstić information content (AvgIpc) is 3.07. The molecule has 0 unspecified atom stereocenters. The van der Waals surface area contributed by atoms with Gasteiger partial charge in [0.1, 0.15) is 0 Å². The Kier molecular flexibility index (Phi) is 6.73. The highest BCUT2D eigenvalue weighted by Crippen LogP contribution is 2.26. The molecule has 1 aliphatic heterocycles. The molecule has 2 aromatic rings. The third kappa shape index (κ3) is 5.21. The van der Waals surface area contributed by atoms with Crippen LogP contribution in [0.1, 0.15) is 23.6 Å². The van der Waals surface area contributed by atoms with Gasteiger partial charge in [0.2, 0.25) is 0 Å². The monoisotopic (exact) mass is 408 g/mol.